The second-order valence-electron chi connectivity index (χ2n) is 9.14. The van der Waals surface area contributed by atoms with Gasteiger partial charge in [0.15, 0.2) is 0 Å². The zero-order chi connectivity index (χ0) is 30.2. The molecule has 0 fully saturated rings. The number of alkyl halides is 13. The Bertz CT molecular complexity index is 944. The Hall–Kier alpha value is -2.46. The van der Waals surface area contributed by atoms with Crippen molar-refractivity contribution >= 4 is 6.09 Å². The van der Waals surface area contributed by atoms with Gasteiger partial charge in [0, 0.05) is 6.42 Å². The van der Waals surface area contributed by atoms with Crippen molar-refractivity contribution in [1.82, 2.24) is 5.32 Å². The lowest BCUT2D eigenvalue weighted by atomic mass is 9.90. The molecule has 0 bridgehead atoms. The van der Waals surface area contributed by atoms with E-state index in [0.29, 0.717) is 0 Å². The maximum absolute atomic E-state index is 14.1. The Labute approximate surface area is 207 Å². The number of nitrogens with one attached hydrogen (secondary N) is 1. The van der Waals surface area contributed by atoms with Crippen LogP contribution in [0.1, 0.15) is 45.2 Å². The molecular formula is C21H22F13NO3. The first-order chi connectivity index (χ1) is 16.7. The Morgan fingerprint density at radius 3 is 1.66 bits per heavy atom. The fourth-order valence-electron chi connectivity index (χ4n) is 2.95. The van der Waals surface area contributed by atoms with Crippen LogP contribution in [0.2, 0.25) is 0 Å². The third kappa shape index (κ3) is 6.57. The van der Waals surface area contributed by atoms with Crippen molar-refractivity contribution in [3.05, 3.63) is 35.9 Å². The molecule has 0 aromatic heterocycles. The van der Waals surface area contributed by atoms with Crippen LogP contribution in [0.4, 0.5) is 61.9 Å². The summed E-state index contributed by atoms with van der Waals surface area (Å²) in [6.45, 7) is 4.21. The summed E-state index contributed by atoms with van der Waals surface area (Å²) in [6.07, 6.45) is -15.4. The number of rotatable bonds is 10. The van der Waals surface area contributed by atoms with Crippen molar-refractivity contribution in [1.29, 1.82) is 0 Å². The zero-order valence-electron chi connectivity index (χ0n) is 19.6. The monoisotopic (exact) mass is 583 g/mol. The second-order valence-corrected chi connectivity index (χ2v) is 9.14. The van der Waals surface area contributed by atoms with Crippen LogP contribution in [-0.4, -0.2) is 58.7 Å². The van der Waals surface area contributed by atoms with E-state index in [1.807, 2.05) is 5.32 Å². The first-order valence-corrected chi connectivity index (χ1v) is 10.4. The summed E-state index contributed by atoms with van der Waals surface area (Å²) in [5, 5.41) is 12.3. The summed E-state index contributed by atoms with van der Waals surface area (Å²) in [5.41, 5.74) is -1.18. The van der Waals surface area contributed by atoms with Crippen LogP contribution < -0.4 is 5.32 Å². The van der Waals surface area contributed by atoms with Crippen molar-refractivity contribution in [3.8, 4) is 0 Å². The van der Waals surface area contributed by atoms with Gasteiger partial charge in [-0.2, -0.15) is 57.1 Å². The molecule has 0 aliphatic heterocycles. The molecule has 1 amide bonds. The fraction of sp³-hybridized carbons (Fsp3) is 0.667. The summed E-state index contributed by atoms with van der Waals surface area (Å²) in [7, 11) is 0. The van der Waals surface area contributed by atoms with Gasteiger partial charge in [0.2, 0.25) is 0 Å². The van der Waals surface area contributed by atoms with Crippen molar-refractivity contribution in [2.75, 3.05) is 0 Å². The van der Waals surface area contributed by atoms with E-state index in [4.69, 9.17) is 4.74 Å². The number of hydrogen-bond acceptors (Lipinski definition) is 3. The maximum atomic E-state index is 14.1. The summed E-state index contributed by atoms with van der Waals surface area (Å²) < 4.78 is 178. The Morgan fingerprint density at radius 2 is 1.24 bits per heavy atom. The van der Waals surface area contributed by atoms with Gasteiger partial charge in [-0.05, 0) is 32.8 Å². The molecule has 17 heteroatoms. The molecule has 38 heavy (non-hydrogen) atoms. The van der Waals surface area contributed by atoms with Gasteiger partial charge < -0.3 is 15.2 Å². The van der Waals surface area contributed by atoms with Crippen LogP contribution in [0.3, 0.4) is 0 Å². The van der Waals surface area contributed by atoms with Gasteiger partial charge in [0.05, 0.1) is 12.1 Å². The minimum Gasteiger partial charge on any atom is -0.444 e. The van der Waals surface area contributed by atoms with E-state index in [-0.39, 0.29) is 5.56 Å². The third-order valence-electron chi connectivity index (χ3n) is 4.97. The van der Waals surface area contributed by atoms with E-state index in [9.17, 15) is 67.0 Å². The molecule has 0 heterocycles. The van der Waals surface area contributed by atoms with Crippen LogP contribution in [0.15, 0.2) is 30.3 Å². The highest BCUT2D eigenvalue weighted by molar-refractivity contribution is 5.68. The predicted octanol–water partition coefficient (Wildman–Crippen LogP) is 7.13. The quantitative estimate of drug-likeness (QED) is 0.288. The van der Waals surface area contributed by atoms with Gasteiger partial charge in [-0.3, -0.25) is 0 Å². The minimum absolute atomic E-state index is 0.0531. The van der Waals surface area contributed by atoms with Crippen LogP contribution in [-0.2, 0) is 4.74 Å². The molecule has 0 aliphatic rings. The third-order valence-corrected chi connectivity index (χ3v) is 4.97. The highest BCUT2D eigenvalue weighted by Gasteiger charge is 2.90. The van der Waals surface area contributed by atoms with Gasteiger partial charge in [-0.1, -0.05) is 30.3 Å². The van der Waals surface area contributed by atoms with Gasteiger partial charge in [-0.15, -0.1) is 0 Å². The molecule has 2 atom stereocenters. The first-order valence-electron chi connectivity index (χ1n) is 10.4. The Morgan fingerprint density at radius 1 is 0.789 bits per heavy atom. The summed E-state index contributed by atoms with van der Waals surface area (Å²) in [4.78, 5) is 12.1. The first kappa shape index (κ1) is 33.6. The van der Waals surface area contributed by atoms with Crippen LogP contribution in [0.5, 0.6) is 0 Å². The second kappa shape index (κ2) is 10.6. The lowest BCUT2D eigenvalue weighted by Crippen LogP contribution is -2.70. The molecule has 0 aliphatic carbocycles. The molecular weight excluding hydrogens is 561 g/mol. The highest BCUT2D eigenvalue weighted by Crippen LogP contribution is 2.60. The molecule has 2 N–H and O–H groups in total. The molecule has 0 radical (unpaired) electrons. The largest absolute Gasteiger partial charge is 0.460 e. The smallest absolute Gasteiger partial charge is 0.444 e. The highest BCUT2D eigenvalue weighted by atomic mass is 19.4. The van der Waals surface area contributed by atoms with Crippen LogP contribution in [0, 0.1) is 0 Å². The van der Waals surface area contributed by atoms with Crippen molar-refractivity contribution in [2.24, 2.45) is 0 Å². The van der Waals surface area contributed by atoms with Crippen molar-refractivity contribution in [3.63, 3.8) is 0 Å². The number of alkyl carbamates (subject to hydrolysis) is 1. The SMILES string of the molecule is CC(C)(C)OC(=O)N[C@H](c1ccccc1)[C@H](O)CCC(F)(F)C(F)(F)C(F)(F)C(F)(F)C(F)(F)C(F)(F)F. The maximum Gasteiger partial charge on any atom is 0.460 e. The predicted molar refractivity (Wildman–Crippen MR) is 105 cm³/mol. The van der Waals surface area contributed by atoms with E-state index in [0.717, 1.165) is 0 Å². The molecule has 0 spiro atoms. The van der Waals surface area contributed by atoms with Gasteiger partial charge in [0.25, 0.3) is 0 Å². The van der Waals surface area contributed by atoms with E-state index < -0.39 is 72.5 Å². The lowest BCUT2D eigenvalue weighted by molar-refractivity contribution is -0.440. The fourth-order valence-corrected chi connectivity index (χ4v) is 2.95. The van der Waals surface area contributed by atoms with Gasteiger partial charge in [0.1, 0.15) is 5.60 Å². The summed E-state index contributed by atoms with van der Waals surface area (Å²) >= 11 is 0. The molecule has 4 nitrogen and oxygen atoms in total. The van der Waals surface area contributed by atoms with E-state index in [2.05, 4.69) is 0 Å². The van der Waals surface area contributed by atoms with E-state index in [1.165, 1.54) is 51.1 Å². The van der Waals surface area contributed by atoms with Gasteiger partial charge >= 0.3 is 41.9 Å². The molecule has 0 saturated heterocycles. The number of aliphatic hydroxyl groups excluding tert-OH is 1. The van der Waals surface area contributed by atoms with E-state index in [1.54, 1.807) is 0 Å². The average molecular weight is 583 g/mol. The van der Waals surface area contributed by atoms with E-state index >= 15 is 0 Å². The number of hydrogen-bond donors (Lipinski definition) is 2. The van der Waals surface area contributed by atoms with Crippen molar-refractivity contribution in [2.45, 2.75) is 87.1 Å². The summed E-state index contributed by atoms with van der Waals surface area (Å²) in [6, 6.07) is 4.73. The molecule has 1 aromatic carbocycles. The molecule has 1 rings (SSSR count). The average Bonchev–Trinajstić information content (AvgIpc) is 2.74. The number of ether oxygens (including phenoxy) is 1. The van der Waals surface area contributed by atoms with Crippen LogP contribution in [0.25, 0.3) is 0 Å². The van der Waals surface area contributed by atoms with Gasteiger partial charge in [-0.25, -0.2) is 4.79 Å². The normalized spacial score (nSPS) is 16.1. The number of carbonyl (C=O) groups is 1. The lowest BCUT2D eigenvalue weighted by Gasteiger charge is -2.40. The summed E-state index contributed by atoms with van der Waals surface area (Å²) in [5.74, 6) is -37.6. The minimum atomic E-state index is -8.01. The molecule has 1 aromatic rings. The number of aliphatic hydroxyl groups is 1. The molecule has 0 saturated carbocycles. The zero-order valence-corrected chi connectivity index (χ0v) is 19.6. The number of amides is 1. The van der Waals surface area contributed by atoms with Crippen LogP contribution >= 0.6 is 0 Å². The molecule has 220 valence electrons. The Kier molecular flexibility index (Phi) is 9.36. The van der Waals surface area contributed by atoms with Crippen molar-refractivity contribution < 1.29 is 71.7 Å². The Balaban J connectivity index is 3.26. The number of carbonyl (C=O) groups excluding carboxylic acids is 1. The number of halogens is 13. The number of benzene rings is 1. The standard InChI is InChI=1S/C21H22F13NO3/c1-15(2,3)38-14(37)35-13(11-7-5-4-6-8-11)12(36)9-10-16(22,23)17(24,25)18(26,27)19(28,29)20(30,31)21(32,33)34/h4-8,12-13,36H,9-10H2,1-3H3,(H,35,37)/t12-,13-/m1/s1. The molecule has 0 unspecified atom stereocenters. The topological polar surface area (TPSA) is 58.6 Å².